The Labute approximate surface area is 188 Å². The molecule has 0 spiro atoms. The van der Waals surface area contributed by atoms with E-state index in [1.54, 1.807) is 35.6 Å². The van der Waals surface area contributed by atoms with Crippen LogP contribution >= 0.6 is 11.3 Å². The van der Waals surface area contributed by atoms with Crippen LogP contribution in [0.5, 0.6) is 0 Å². The number of benzene rings is 2. The van der Waals surface area contributed by atoms with E-state index in [9.17, 15) is 13.2 Å². The quantitative estimate of drug-likeness (QED) is 0.557. The van der Waals surface area contributed by atoms with Crippen LogP contribution in [0.25, 0.3) is 0 Å². The normalized spacial score (nSPS) is 12.5. The molecule has 0 saturated carbocycles. The van der Waals surface area contributed by atoms with Gasteiger partial charge in [-0.3, -0.25) is 9.10 Å². The van der Waals surface area contributed by atoms with E-state index >= 15 is 0 Å². The maximum Gasteiger partial charge on any atom is 0.264 e. The van der Waals surface area contributed by atoms with Gasteiger partial charge >= 0.3 is 0 Å². The zero-order valence-electron chi connectivity index (χ0n) is 18.1. The van der Waals surface area contributed by atoms with Crippen molar-refractivity contribution in [1.29, 1.82) is 0 Å². The van der Waals surface area contributed by atoms with E-state index < -0.39 is 10.0 Å². The summed E-state index contributed by atoms with van der Waals surface area (Å²) in [5.74, 6) is -0.307. The van der Waals surface area contributed by atoms with Gasteiger partial charge < -0.3 is 10.2 Å². The summed E-state index contributed by atoms with van der Waals surface area (Å²) in [7, 11) is 1.64. The van der Waals surface area contributed by atoms with Crippen LogP contribution in [-0.2, 0) is 10.0 Å². The van der Waals surface area contributed by atoms with Crippen molar-refractivity contribution in [3.05, 3.63) is 82.0 Å². The number of nitrogens with zero attached hydrogens (tertiary/aromatic N) is 2. The summed E-state index contributed by atoms with van der Waals surface area (Å²) in [5, 5.41) is 4.94. The standard InChI is InChI=1S/C23H27N3O3S2/c1-17-10-12-19(13-11-17)26(4)31(28,29)20-8-5-7-18(15-20)23(27)24-16-21(25(2)3)22-9-6-14-30-22/h5-15,21H,16H2,1-4H3,(H,24,27). The number of likely N-dealkylation sites (N-methyl/N-ethyl adjacent to an activating group) is 1. The van der Waals surface area contributed by atoms with Crippen molar-refractivity contribution >= 4 is 33.0 Å². The summed E-state index contributed by atoms with van der Waals surface area (Å²) in [6.07, 6.45) is 0. The third-order valence-electron chi connectivity index (χ3n) is 5.10. The summed E-state index contributed by atoms with van der Waals surface area (Å²) in [4.78, 5) is 16.0. The highest BCUT2D eigenvalue weighted by Gasteiger charge is 2.23. The van der Waals surface area contributed by atoms with E-state index in [2.05, 4.69) is 5.32 Å². The first kappa shape index (κ1) is 23.0. The SMILES string of the molecule is Cc1ccc(N(C)S(=O)(=O)c2cccc(C(=O)NCC(c3cccs3)N(C)C)c2)cc1. The number of carbonyl (C=O) groups excluding carboxylic acids is 1. The maximum atomic E-state index is 13.1. The van der Waals surface area contributed by atoms with Gasteiger partial charge in [-0.2, -0.15) is 0 Å². The number of aryl methyl sites for hydroxylation is 1. The zero-order chi connectivity index (χ0) is 22.6. The van der Waals surface area contributed by atoms with Crippen LogP contribution < -0.4 is 9.62 Å². The number of rotatable bonds is 8. The lowest BCUT2D eigenvalue weighted by Crippen LogP contribution is -2.34. The van der Waals surface area contributed by atoms with Crippen molar-refractivity contribution in [2.24, 2.45) is 0 Å². The molecule has 3 aromatic rings. The topological polar surface area (TPSA) is 69.7 Å². The van der Waals surface area contributed by atoms with Crippen molar-refractivity contribution in [3.63, 3.8) is 0 Å². The predicted molar refractivity (Wildman–Crippen MR) is 126 cm³/mol. The zero-order valence-corrected chi connectivity index (χ0v) is 19.7. The molecule has 0 aliphatic rings. The first-order chi connectivity index (χ1) is 14.7. The van der Waals surface area contributed by atoms with E-state index in [1.165, 1.54) is 23.5 Å². The second-order valence-corrected chi connectivity index (χ2v) is 10.5. The fourth-order valence-electron chi connectivity index (χ4n) is 3.16. The van der Waals surface area contributed by atoms with Crippen LogP contribution in [0.4, 0.5) is 5.69 Å². The molecular formula is C23H27N3O3S2. The number of anilines is 1. The van der Waals surface area contributed by atoms with Crippen molar-refractivity contribution in [1.82, 2.24) is 10.2 Å². The van der Waals surface area contributed by atoms with E-state index in [4.69, 9.17) is 0 Å². The summed E-state index contributed by atoms with van der Waals surface area (Å²) in [5.41, 5.74) is 1.92. The number of amides is 1. The Morgan fingerprint density at radius 1 is 1.03 bits per heavy atom. The summed E-state index contributed by atoms with van der Waals surface area (Å²) in [6, 6.07) is 17.4. The summed E-state index contributed by atoms with van der Waals surface area (Å²) in [6.45, 7) is 2.37. The Morgan fingerprint density at radius 3 is 2.35 bits per heavy atom. The molecular weight excluding hydrogens is 430 g/mol. The van der Waals surface area contributed by atoms with Gasteiger partial charge in [0.25, 0.3) is 15.9 Å². The van der Waals surface area contributed by atoms with Crippen LogP contribution in [-0.4, -0.2) is 46.9 Å². The molecule has 0 aliphatic carbocycles. The molecule has 3 rings (SSSR count). The molecule has 0 saturated heterocycles. The average Bonchev–Trinajstić information content (AvgIpc) is 3.28. The molecule has 0 bridgehead atoms. The molecule has 6 nitrogen and oxygen atoms in total. The minimum atomic E-state index is -3.79. The second-order valence-electron chi connectivity index (χ2n) is 7.54. The van der Waals surface area contributed by atoms with Gasteiger partial charge in [0.05, 0.1) is 16.6 Å². The Morgan fingerprint density at radius 2 is 1.74 bits per heavy atom. The molecule has 1 unspecified atom stereocenters. The number of thiophene rings is 1. The second kappa shape index (κ2) is 9.64. The van der Waals surface area contributed by atoms with Crippen LogP contribution in [0.3, 0.4) is 0 Å². The van der Waals surface area contributed by atoms with E-state index in [1.807, 2.05) is 55.6 Å². The predicted octanol–water partition coefficient (Wildman–Crippen LogP) is 3.91. The molecule has 1 heterocycles. The van der Waals surface area contributed by atoms with Gasteiger partial charge in [-0.25, -0.2) is 8.42 Å². The molecule has 1 atom stereocenters. The third kappa shape index (κ3) is 5.33. The van der Waals surface area contributed by atoms with Crippen LogP contribution in [0.15, 0.2) is 70.9 Å². The first-order valence-corrected chi connectivity index (χ1v) is 12.2. The summed E-state index contributed by atoms with van der Waals surface area (Å²) >= 11 is 1.64. The molecule has 8 heteroatoms. The molecule has 0 fully saturated rings. The Hall–Kier alpha value is -2.68. The molecule has 31 heavy (non-hydrogen) atoms. The molecule has 0 radical (unpaired) electrons. The average molecular weight is 458 g/mol. The third-order valence-corrected chi connectivity index (χ3v) is 7.86. The molecule has 1 aromatic heterocycles. The van der Waals surface area contributed by atoms with Crippen molar-refractivity contribution in [2.45, 2.75) is 17.9 Å². The smallest absolute Gasteiger partial charge is 0.264 e. The van der Waals surface area contributed by atoms with Crippen LogP contribution in [0.2, 0.25) is 0 Å². The van der Waals surface area contributed by atoms with Gasteiger partial charge in [-0.05, 0) is 62.8 Å². The fraction of sp³-hybridized carbons (Fsp3) is 0.261. The molecule has 2 aromatic carbocycles. The number of nitrogens with one attached hydrogen (secondary N) is 1. The van der Waals surface area contributed by atoms with Gasteiger partial charge in [0.1, 0.15) is 0 Å². The van der Waals surface area contributed by atoms with Gasteiger partial charge in [0.2, 0.25) is 0 Å². The van der Waals surface area contributed by atoms with E-state index in [-0.39, 0.29) is 16.8 Å². The molecule has 1 N–H and O–H groups in total. The first-order valence-electron chi connectivity index (χ1n) is 9.84. The van der Waals surface area contributed by atoms with Gasteiger partial charge in [-0.15, -0.1) is 11.3 Å². The molecule has 1 amide bonds. The van der Waals surface area contributed by atoms with Gasteiger partial charge in [-0.1, -0.05) is 29.8 Å². The Balaban J connectivity index is 1.77. The molecule has 0 aliphatic heterocycles. The number of hydrogen-bond donors (Lipinski definition) is 1. The Kier molecular flexibility index (Phi) is 7.15. The largest absolute Gasteiger partial charge is 0.350 e. The van der Waals surface area contributed by atoms with Gasteiger partial charge in [0, 0.05) is 24.0 Å². The lowest BCUT2D eigenvalue weighted by molar-refractivity contribution is 0.0942. The lowest BCUT2D eigenvalue weighted by atomic mass is 10.2. The van der Waals surface area contributed by atoms with Gasteiger partial charge in [0.15, 0.2) is 0 Å². The monoisotopic (exact) mass is 457 g/mol. The van der Waals surface area contributed by atoms with Crippen LogP contribution in [0, 0.1) is 6.92 Å². The molecule has 164 valence electrons. The summed E-state index contributed by atoms with van der Waals surface area (Å²) < 4.78 is 27.4. The number of hydrogen-bond acceptors (Lipinski definition) is 5. The highest BCUT2D eigenvalue weighted by atomic mass is 32.2. The van der Waals surface area contributed by atoms with Crippen molar-refractivity contribution in [2.75, 3.05) is 32.0 Å². The van der Waals surface area contributed by atoms with Crippen LogP contribution in [0.1, 0.15) is 26.8 Å². The minimum absolute atomic E-state index is 0.0449. The maximum absolute atomic E-state index is 13.1. The number of sulfonamides is 1. The fourth-order valence-corrected chi connectivity index (χ4v) is 5.32. The lowest BCUT2D eigenvalue weighted by Gasteiger charge is -2.23. The van der Waals surface area contributed by atoms with E-state index in [0.29, 0.717) is 17.8 Å². The highest BCUT2D eigenvalue weighted by molar-refractivity contribution is 7.92. The highest BCUT2D eigenvalue weighted by Crippen LogP contribution is 2.24. The van der Waals surface area contributed by atoms with E-state index in [0.717, 1.165) is 10.4 Å². The van der Waals surface area contributed by atoms with Crippen molar-refractivity contribution in [3.8, 4) is 0 Å². The minimum Gasteiger partial charge on any atom is -0.350 e. The Bertz CT molecular complexity index is 1130. The number of carbonyl (C=O) groups is 1. The van der Waals surface area contributed by atoms with Crippen molar-refractivity contribution < 1.29 is 13.2 Å².